The molecule has 4 aromatic rings. The summed E-state index contributed by atoms with van der Waals surface area (Å²) >= 11 is 0. The molecule has 1 saturated carbocycles. The molecule has 31 heavy (non-hydrogen) atoms. The normalized spacial score (nSPS) is 15.5. The number of benzene rings is 1. The van der Waals surface area contributed by atoms with E-state index < -0.39 is 5.41 Å². The summed E-state index contributed by atoms with van der Waals surface area (Å²) in [4.78, 5) is 25.0. The average Bonchev–Trinajstić information content (AvgIpc) is 3.33. The zero-order chi connectivity index (χ0) is 21.8. The Bertz CT molecular complexity index is 1370. The molecule has 1 fully saturated rings. The number of nitrogens with one attached hydrogen (secondary N) is 3. The molecule has 1 amide bonds. The molecule has 3 N–H and O–H groups in total. The van der Waals surface area contributed by atoms with Gasteiger partial charge in [-0.1, -0.05) is 18.2 Å². The summed E-state index contributed by atoms with van der Waals surface area (Å²) < 4.78 is 1.99. The predicted molar refractivity (Wildman–Crippen MR) is 119 cm³/mol. The number of anilines is 1. The van der Waals surface area contributed by atoms with Crippen molar-refractivity contribution in [1.82, 2.24) is 24.8 Å². The smallest absolute Gasteiger partial charge is 0.240 e. The first-order valence-electron chi connectivity index (χ1n) is 10.3. The molecule has 1 aliphatic rings. The Kier molecular flexibility index (Phi) is 4.22. The van der Waals surface area contributed by atoms with Gasteiger partial charge in [0, 0.05) is 25.2 Å². The van der Waals surface area contributed by atoms with Gasteiger partial charge in [-0.2, -0.15) is 5.26 Å². The van der Waals surface area contributed by atoms with Gasteiger partial charge in [0.2, 0.25) is 5.91 Å². The van der Waals surface area contributed by atoms with E-state index in [1.807, 2.05) is 43.8 Å². The summed E-state index contributed by atoms with van der Waals surface area (Å²) in [6.07, 6.45) is 3.07. The number of H-pyrrole nitrogens is 1. The third kappa shape index (κ3) is 3.01. The Labute approximate surface area is 179 Å². The largest absolute Gasteiger partial charge is 0.371 e. The highest BCUT2D eigenvalue weighted by Crippen LogP contribution is 2.45. The molecule has 0 spiro atoms. The number of nitriles is 1. The summed E-state index contributed by atoms with van der Waals surface area (Å²) in [5, 5.41) is 16.4. The fourth-order valence-corrected chi connectivity index (χ4v) is 4.04. The van der Waals surface area contributed by atoms with Crippen molar-refractivity contribution in [3.63, 3.8) is 0 Å². The summed E-state index contributed by atoms with van der Waals surface area (Å²) in [6, 6.07) is 12.1. The number of aromatic nitrogens is 4. The van der Waals surface area contributed by atoms with Crippen LogP contribution in [0.4, 0.5) is 5.82 Å². The molecule has 0 radical (unpaired) electrons. The Morgan fingerprint density at radius 1 is 1.35 bits per heavy atom. The Hall–Kier alpha value is -3.86. The molecule has 5 rings (SSSR count). The van der Waals surface area contributed by atoms with Gasteiger partial charge in [-0.15, -0.1) is 0 Å². The topological polar surface area (TPSA) is 111 Å². The third-order valence-corrected chi connectivity index (χ3v) is 6.12. The Morgan fingerprint density at radius 3 is 2.87 bits per heavy atom. The van der Waals surface area contributed by atoms with E-state index in [1.165, 1.54) is 0 Å². The molecule has 0 saturated heterocycles. The SMILES string of the molecule is CNc1nc2[nH]c(-c3cccc(C(C)NC(=O)C4(C#N)CC4)c3)cc2c2c1ncn2C. The molecule has 1 aromatic carbocycles. The minimum absolute atomic E-state index is 0.180. The van der Waals surface area contributed by atoms with Crippen molar-refractivity contribution < 1.29 is 4.79 Å². The van der Waals surface area contributed by atoms with E-state index >= 15 is 0 Å². The number of hydrogen-bond donors (Lipinski definition) is 3. The molecule has 0 bridgehead atoms. The van der Waals surface area contributed by atoms with Crippen LogP contribution in [0.15, 0.2) is 36.7 Å². The van der Waals surface area contributed by atoms with Crippen LogP contribution in [0.5, 0.6) is 0 Å². The zero-order valence-electron chi connectivity index (χ0n) is 17.7. The quantitative estimate of drug-likeness (QED) is 0.462. The van der Waals surface area contributed by atoms with Crippen molar-refractivity contribution in [2.45, 2.75) is 25.8 Å². The standard InChI is InChI=1S/C23H23N7O/c1-13(27-22(31)23(11-24)7-8-23)14-5-4-6-15(9-14)17-10-16-19-18(26-12-30(19)3)21(25-2)29-20(16)28-17/h4-6,9-10,12-13H,7-8H2,1-3H3,(H,27,31)(H2,25,28,29). The van der Waals surface area contributed by atoms with Crippen LogP contribution >= 0.6 is 0 Å². The van der Waals surface area contributed by atoms with E-state index in [9.17, 15) is 10.1 Å². The fraction of sp³-hybridized carbons (Fsp3) is 0.304. The molecule has 1 atom stereocenters. The van der Waals surface area contributed by atoms with Crippen LogP contribution in [-0.2, 0) is 11.8 Å². The van der Waals surface area contributed by atoms with Crippen molar-refractivity contribution in [2.24, 2.45) is 12.5 Å². The number of fused-ring (bicyclic) bond motifs is 3. The molecule has 3 aromatic heterocycles. The summed E-state index contributed by atoms with van der Waals surface area (Å²) in [6.45, 7) is 1.94. The van der Waals surface area contributed by atoms with Crippen LogP contribution in [0.25, 0.3) is 33.3 Å². The van der Waals surface area contributed by atoms with Gasteiger partial charge in [0.05, 0.1) is 24.0 Å². The van der Waals surface area contributed by atoms with Crippen molar-refractivity contribution in [1.29, 1.82) is 5.26 Å². The summed E-state index contributed by atoms with van der Waals surface area (Å²) in [5.41, 5.74) is 4.72. The van der Waals surface area contributed by atoms with Gasteiger partial charge < -0.3 is 20.2 Å². The lowest BCUT2D eigenvalue weighted by Gasteiger charge is -2.17. The summed E-state index contributed by atoms with van der Waals surface area (Å²) in [5.74, 6) is 0.550. The molecule has 1 aliphatic carbocycles. The van der Waals surface area contributed by atoms with Gasteiger partial charge in [-0.3, -0.25) is 4.79 Å². The second kappa shape index (κ2) is 6.84. The van der Waals surface area contributed by atoms with Crippen LogP contribution in [0.3, 0.4) is 0 Å². The number of hydrogen-bond acceptors (Lipinski definition) is 5. The molecule has 156 valence electrons. The maximum Gasteiger partial charge on any atom is 0.240 e. The van der Waals surface area contributed by atoms with Gasteiger partial charge in [0.1, 0.15) is 16.6 Å². The van der Waals surface area contributed by atoms with Crippen LogP contribution < -0.4 is 10.6 Å². The van der Waals surface area contributed by atoms with Crippen molar-refractivity contribution in [3.8, 4) is 17.3 Å². The van der Waals surface area contributed by atoms with Crippen molar-refractivity contribution in [3.05, 3.63) is 42.2 Å². The number of carbonyl (C=O) groups is 1. The Morgan fingerprint density at radius 2 is 2.16 bits per heavy atom. The van der Waals surface area contributed by atoms with E-state index in [1.54, 1.807) is 6.33 Å². The molecule has 1 unspecified atom stereocenters. The second-order valence-corrected chi connectivity index (χ2v) is 8.22. The van der Waals surface area contributed by atoms with E-state index in [0.717, 1.165) is 44.7 Å². The number of rotatable bonds is 5. The monoisotopic (exact) mass is 413 g/mol. The van der Waals surface area contributed by atoms with Crippen molar-refractivity contribution in [2.75, 3.05) is 12.4 Å². The van der Waals surface area contributed by atoms with E-state index in [-0.39, 0.29) is 11.9 Å². The predicted octanol–water partition coefficient (Wildman–Crippen LogP) is 3.64. The highest BCUT2D eigenvalue weighted by molar-refractivity contribution is 6.07. The highest BCUT2D eigenvalue weighted by atomic mass is 16.2. The first-order valence-corrected chi connectivity index (χ1v) is 10.3. The minimum atomic E-state index is -0.825. The zero-order valence-corrected chi connectivity index (χ0v) is 17.7. The lowest BCUT2D eigenvalue weighted by Crippen LogP contribution is -2.33. The van der Waals surface area contributed by atoms with Gasteiger partial charge in [-0.25, -0.2) is 9.97 Å². The maximum absolute atomic E-state index is 12.4. The molecular weight excluding hydrogens is 390 g/mol. The van der Waals surface area contributed by atoms with Crippen molar-refractivity contribution >= 4 is 33.8 Å². The molecule has 8 nitrogen and oxygen atoms in total. The van der Waals surface area contributed by atoms with Crippen LogP contribution in [0.1, 0.15) is 31.4 Å². The van der Waals surface area contributed by atoms with Gasteiger partial charge in [0.25, 0.3) is 0 Å². The fourth-order valence-electron chi connectivity index (χ4n) is 4.04. The highest BCUT2D eigenvalue weighted by Gasteiger charge is 2.50. The maximum atomic E-state index is 12.4. The summed E-state index contributed by atoms with van der Waals surface area (Å²) in [7, 11) is 3.81. The van der Waals surface area contributed by atoms with Crippen LogP contribution in [0, 0.1) is 16.7 Å². The van der Waals surface area contributed by atoms with Crippen LogP contribution in [-0.4, -0.2) is 32.5 Å². The number of amides is 1. The van der Waals surface area contributed by atoms with E-state index in [0.29, 0.717) is 12.8 Å². The molecule has 8 heteroatoms. The molecule has 3 heterocycles. The number of imidazole rings is 1. The lowest BCUT2D eigenvalue weighted by atomic mass is 10.0. The number of aryl methyl sites for hydroxylation is 1. The first-order chi connectivity index (χ1) is 15.0. The van der Waals surface area contributed by atoms with Gasteiger partial charge in [-0.05, 0) is 43.0 Å². The third-order valence-electron chi connectivity index (χ3n) is 6.12. The van der Waals surface area contributed by atoms with Gasteiger partial charge >= 0.3 is 0 Å². The average molecular weight is 413 g/mol. The number of nitrogens with zero attached hydrogens (tertiary/aromatic N) is 4. The van der Waals surface area contributed by atoms with Crippen LogP contribution in [0.2, 0.25) is 0 Å². The molecular formula is C23H23N7O. The van der Waals surface area contributed by atoms with E-state index in [4.69, 9.17) is 4.98 Å². The number of aromatic amines is 1. The number of carbonyl (C=O) groups excluding carboxylic acids is 1. The number of pyridine rings is 1. The first kappa shape index (κ1) is 19.1. The van der Waals surface area contributed by atoms with E-state index in [2.05, 4.69) is 38.8 Å². The minimum Gasteiger partial charge on any atom is -0.371 e. The molecule has 0 aliphatic heterocycles. The Balaban J connectivity index is 1.51. The lowest BCUT2D eigenvalue weighted by molar-refractivity contribution is -0.125. The second-order valence-electron chi connectivity index (χ2n) is 8.22. The van der Waals surface area contributed by atoms with Gasteiger partial charge in [0.15, 0.2) is 5.82 Å².